The number of ether oxygens (including phenoxy) is 1. The van der Waals surface area contributed by atoms with E-state index in [0.29, 0.717) is 6.04 Å². The lowest BCUT2D eigenvalue weighted by Crippen LogP contribution is -2.42. The smallest absolute Gasteiger partial charge is 0.0666 e. The van der Waals surface area contributed by atoms with Gasteiger partial charge in [0.1, 0.15) is 0 Å². The number of fused-ring (bicyclic) bond motifs is 1. The molecule has 3 heteroatoms. The summed E-state index contributed by atoms with van der Waals surface area (Å²) in [5.74, 6) is 0. The maximum Gasteiger partial charge on any atom is 0.0666 e. The number of hydrogen-bond acceptors (Lipinski definition) is 3. The van der Waals surface area contributed by atoms with Gasteiger partial charge in [0.2, 0.25) is 0 Å². The number of aryl methyl sites for hydroxylation is 2. The second-order valence-electron chi connectivity index (χ2n) is 5.47. The van der Waals surface area contributed by atoms with Gasteiger partial charge in [-0.2, -0.15) is 0 Å². The fraction of sp³-hybridized carbons (Fsp3) is 0.625. The summed E-state index contributed by atoms with van der Waals surface area (Å²) in [5, 5.41) is 0. The van der Waals surface area contributed by atoms with Crippen LogP contribution in [0.5, 0.6) is 0 Å². The second-order valence-corrected chi connectivity index (χ2v) is 5.47. The van der Waals surface area contributed by atoms with Crippen LogP contribution in [0.1, 0.15) is 30.4 Å². The van der Waals surface area contributed by atoms with Gasteiger partial charge in [-0.3, -0.25) is 0 Å². The van der Waals surface area contributed by atoms with Crippen molar-refractivity contribution < 1.29 is 4.74 Å². The Morgan fingerprint density at radius 2 is 2.26 bits per heavy atom. The molecule has 0 aromatic heterocycles. The number of rotatable bonds is 6. The molecule has 0 saturated carbocycles. The predicted octanol–water partition coefficient (Wildman–Crippen LogP) is 2.50. The Kier molecular flexibility index (Phi) is 5.23. The van der Waals surface area contributed by atoms with Gasteiger partial charge in [0.25, 0.3) is 0 Å². The fourth-order valence-electron chi connectivity index (χ4n) is 3.01. The van der Waals surface area contributed by atoms with Crippen LogP contribution in [0.2, 0.25) is 0 Å². The van der Waals surface area contributed by atoms with Gasteiger partial charge in [0.05, 0.1) is 12.6 Å². The number of nitrogens with zero attached hydrogens (tertiary/aromatic N) is 1. The Balaban J connectivity index is 2.19. The molecule has 0 fully saturated rings. The second kappa shape index (κ2) is 6.92. The molecule has 0 saturated heterocycles. The largest absolute Gasteiger partial charge is 0.383 e. The molecule has 0 bridgehead atoms. The Morgan fingerprint density at radius 1 is 1.42 bits per heavy atom. The molecule has 0 amide bonds. The van der Waals surface area contributed by atoms with Gasteiger partial charge < -0.3 is 15.4 Å². The summed E-state index contributed by atoms with van der Waals surface area (Å²) in [4.78, 5) is 2.53. The van der Waals surface area contributed by atoms with E-state index in [2.05, 4.69) is 30.0 Å². The molecule has 0 aliphatic carbocycles. The summed E-state index contributed by atoms with van der Waals surface area (Å²) >= 11 is 0. The van der Waals surface area contributed by atoms with Gasteiger partial charge in [-0.1, -0.05) is 17.7 Å². The van der Waals surface area contributed by atoms with Crippen molar-refractivity contribution in [2.24, 2.45) is 5.73 Å². The van der Waals surface area contributed by atoms with E-state index in [1.54, 1.807) is 7.11 Å². The summed E-state index contributed by atoms with van der Waals surface area (Å²) in [5.41, 5.74) is 9.90. The molecule has 2 rings (SSSR count). The van der Waals surface area contributed by atoms with Crippen LogP contribution < -0.4 is 10.6 Å². The van der Waals surface area contributed by atoms with E-state index >= 15 is 0 Å². The van der Waals surface area contributed by atoms with E-state index < -0.39 is 0 Å². The lowest BCUT2D eigenvalue weighted by molar-refractivity contribution is 0.171. The van der Waals surface area contributed by atoms with Crippen molar-refractivity contribution in [1.82, 2.24) is 0 Å². The molecule has 3 nitrogen and oxygen atoms in total. The molecule has 19 heavy (non-hydrogen) atoms. The maximum absolute atomic E-state index is 5.66. The molecular weight excluding hydrogens is 236 g/mol. The van der Waals surface area contributed by atoms with Gasteiger partial charge in [-0.15, -0.1) is 0 Å². The SMILES string of the molecule is COCC(CCCN)N1CCCc2cc(C)ccc21. The first-order valence-electron chi connectivity index (χ1n) is 7.31. The molecule has 0 spiro atoms. The summed E-state index contributed by atoms with van der Waals surface area (Å²) in [6, 6.07) is 7.27. The highest BCUT2D eigenvalue weighted by atomic mass is 16.5. The van der Waals surface area contributed by atoms with Crippen LogP contribution in [-0.2, 0) is 11.2 Å². The van der Waals surface area contributed by atoms with E-state index in [0.717, 1.165) is 32.5 Å². The van der Waals surface area contributed by atoms with Crippen molar-refractivity contribution in [2.45, 2.75) is 38.6 Å². The van der Waals surface area contributed by atoms with Crippen LogP contribution in [0, 0.1) is 6.92 Å². The lowest BCUT2D eigenvalue weighted by atomic mass is 9.97. The van der Waals surface area contributed by atoms with Crippen LogP contribution in [0.4, 0.5) is 5.69 Å². The zero-order valence-electron chi connectivity index (χ0n) is 12.2. The van der Waals surface area contributed by atoms with Gasteiger partial charge in [-0.25, -0.2) is 0 Å². The van der Waals surface area contributed by atoms with Crippen molar-refractivity contribution >= 4 is 5.69 Å². The Labute approximate surface area is 116 Å². The highest BCUT2D eigenvalue weighted by molar-refractivity contribution is 5.57. The summed E-state index contributed by atoms with van der Waals surface area (Å²) in [6.07, 6.45) is 4.60. The first kappa shape index (κ1) is 14.4. The van der Waals surface area contributed by atoms with Crippen molar-refractivity contribution in [2.75, 3.05) is 31.7 Å². The van der Waals surface area contributed by atoms with E-state index in [1.807, 2.05) is 0 Å². The van der Waals surface area contributed by atoms with E-state index in [-0.39, 0.29) is 0 Å². The van der Waals surface area contributed by atoms with Gasteiger partial charge in [-0.05, 0) is 50.8 Å². The zero-order chi connectivity index (χ0) is 13.7. The standard InChI is InChI=1S/C16H26N2O/c1-13-7-8-16-14(11-13)5-4-10-18(16)15(12-19-2)6-3-9-17/h7-8,11,15H,3-6,9-10,12,17H2,1-2H3. The van der Waals surface area contributed by atoms with Gasteiger partial charge in [0.15, 0.2) is 0 Å². The quantitative estimate of drug-likeness (QED) is 0.856. The average molecular weight is 262 g/mol. The topological polar surface area (TPSA) is 38.5 Å². The average Bonchev–Trinajstić information content (AvgIpc) is 2.42. The molecule has 1 aromatic carbocycles. The van der Waals surface area contributed by atoms with Crippen LogP contribution in [-0.4, -0.2) is 32.8 Å². The molecule has 0 radical (unpaired) electrons. The predicted molar refractivity (Wildman–Crippen MR) is 80.8 cm³/mol. The van der Waals surface area contributed by atoms with Crippen LogP contribution >= 0.6 is 0 Å². The van der Waals surface area contributed by atoms with E-state index in [1.165, 1.54) is 29.7 Å². The third-order valence-electron chi connectivity index (χ3n) is 3.93. The summed E-state index contributed by atoms with van der Waals surface area (Å²) in [6.45, 7) is 4.84. The number of methoxy groups -OCH3 is 1. The summed E-state index contributed by atoms with van der Waals surface area (Å²) in [7, 11) is 1.79. The van der Waals surface area contributed by atoms with Crippen molar-refractivity contribution in [3.63, 3.8) is 0 Å². The van der Waals surface area contributed by atoms with Crippen LogP contribution in [0.15, 0.2) is 18.2 Å². The molecule has 2 N–H and O–H groups in total. The molecule has 1 aromatic rings. The van der Waals surface area contributed by atoms with Gasteiger partial charge in [0, 0.05) is 19.3 Å². The van der Waals surface area contributed by atoms with Crippen molar-refractivity contribution in [3.8, 4) is 0 Å². The minimum Gasteiger partial charge on any atom is -0.383 e. The molecule has 1 aliphatic rings. The molecule has 1 heterocycles. The lowest BCUT2D eigenvalue weighted by Gasteiger charge is -2.38. The van der Waals surface area contributed by atoms with Gasteiger partial charge >= 0.3 is 0 Å². The Morgan fingerprint density at radius 3 is 3.00 bits per heavy atom. The first-order chi connectivity index (χ1) is 9.26. The maximum atomic E-state index is 5.66. The molecular formula is C16H26N2O. The molecule has 1 unspecified atom stereocenters. The minimum atomic E-state index is 0.454. The minimum absolute atomic E-state index is 0.454. The van der Waals surface area contributed by atoms with Crippen molar-refractivity contribution in [3.05, 3.63) is 29.3 Å². The van der Waals surface area contributed by atoms with E-state index in [4.69, 9.17) is 10.5 Å². The number of anilines is 1. The molecule has 1 atom stereocenters. The first-order valence-corrected chi connectivity index (χ1v) is 7.31. The molecule has 1 aliphatic heterocycles. The van der Waals surface area contributed by atoms with E-state index in [9.17, 15) is 0 Å². The third kappa shape index (κ3) is 3.48. The monoisotopic (exact) mass is 262 g/mol. The zero-order valence-corrected chi connectivity index (χ0v) is 12.2. The third-order valence-corrected chi connectivity index (χ3v) is 3.93. The van der Waals surface area contributed by atoms with Crippen LogP contribution in [0.3, 0.4) is 0 Å². The number of nitrogens with two attached hydrogens (primary N) is 1. The summed E-state index contributed by atoms with van der Waals surface area (Å²) < 4.78 is 5.41. The highest BCUT2D eigenvalue weighted by Crippen LogP contribution is 2.30. The Bertz CT molecular complexity index is 406. The number of benzene rings is 1. The normalized spacial score (nSPS) is 16.3. The van der Waals surface area contributed by atoms with Crippen LogP contribution in [0.25, 0.3) is 0 Å². The Hall–Kier alpha value is -1.06. The number of hydrogen-bond donors (Lipinski definition) is 1. The highest BCUT2D eigenvalue weighted by Gasteiger charge is 2.23. The van der Waals surface area contributed by atoms with Crippen molar-refractivity contribution in [1.29, 1.82) is 0 Å². The fourth-order valence-corrected chi connectivity index (χ4v) is 3.01. The molecule has 106 valence electrons.